The van der Waals surface area contributed by atoms with Gasteiger partial charge in [0.15, 0.2) is 0 Å². The third kappa shape index (κ3) is 1.64. The van der Waals surface area contributed by atoms with Gasteiger partial charge in [-0.1, -0.05) is 29.8 Å². The molecule has 2 bridgehead atoms. The second-order valence-corrected chi connectivity index (χ2v) is 9.44. The molecule has 6 atom stereocenters. The Morgan fingerprint density at radius 2 is 2.03 bits per heavy atom. The Hall–Kier alpha value is -1.73. The van der Waals surface area contributed by atoms with Gasteiger partial charge in [-0.2, -0.15) is 0 Å². The van der Waals surface area contributed by atoms with Crippen LogP contribution in [-0.4, -0.2) is 68.7 Å². The van der Waals surface area contributed by atoms with Crippen molar-refractivity contribution >= 4 is 11.6 Å². The maximum atomic E-state index is 14.0. The number of hydrogen-bond donors (Lipinski definition) is 0. The van der Waals surface area contributed by atoms with Crippen LogP contribution < -0.4 is 4.90 Å². The average Bonchev–Trinajstić information content (AvgIpc) is 3.21. The van der Waals surface area contributed by atoms with Crippen LogP contribution in [0.25, 0.3) is 0 Å². The molecule has 7 rings (SSSR count). The Labute approximate surface area is 170 Å². The molecule has 6 nitrogen and oxygen atoms in total. The summed E-state index contributed by atoms with van der Waals surface area (Å²) in [6.45, 7) is 2.64. The Balaban J connectivity index is 1.55. The highest BCUT2D eigenvalue weighted by molar-refractivity contribution is 6.03. The lowest BCUT2D eigenvalue weighted by molar-refractivity contribution is -0.278. The number of benzene rings is 1. The van der Waals surface area contributed by atoms with E-state index in [9.17, 15) is 4.79 Å². The zero-order valence-corrected chi connectivity index (χ0v) is 16.8. The first-order valence-corrected chi connectivity index (χ1v) is 10.8. The lowest BCUT2D eigenvalue weighted by Crippen LogP contribution is -2.77. The van der Waals surface area contributed by atoms with Gasteiger partial charge in [0, 0.05) is 43.8 Å². The summed E-state index contributed by atoms with van der Waals surface area (Å²) in [5.74, 6) is -0.925. The van der Waals surface area contributed by atoms with Crippen LogP contribution in [0.2, 0.25) is 0 Å². The molecule has 152 valence electrons. The Morgan fingerprint density at radius 3 is 2.86 bits per heavy atom. The van der Waals surface area contributed by atoms with Crippen molar-refractivity contribution in [3.8, 4) is 0 Å². The SMILES string of the molecule is COC1(OC)C(=O)N2c3ccccc3[C@@]34CCN5CC6=CCO[C@@H]1[C@@H]([C@H]23)[C@H]6C[C@H]54. The van der Waals surface area contributed by atoms with E-state index in [4.69, 9.17) is 14.2 Å². The van der Waals surface area contributed by atoms with Crippen LogP contribution in [0.1, 0.15) is 18.4 Å². The van der Waals surface area contributed by atoms with E-state index in [-0.39, 0.29) is 23.3 Å². The average molecular weight is 394 g/mol. The molecule has 6 aliphatic rings. The summed E-state index contributed by atoms with van der Waals surface area (Å²) in [6.07, 6.45) is 4.09. The zero-order valence-electron chi connectivity index (χ0n) is 16.8. The van der Waals surface area contributed by atoms with Crippen molar-refractivity contribution < 1.29 is 19.0 Å². The number of carbonyl (C=O) groups excluding carboxylic acids is 1. The molecule has 29 heavy (non-hydrogen) atoms. The van der Waals surface area contributed by atoms with Gasteiger partial charge in [-0.25, -0.2) is 0 Å². The van der Waals surface area contributed by atoms with E-state index in [1.165, 1.54) is 11.1 Å². The van der Waals surface area contributed by atoms with Crippen molar-refractivity contribution in [2.75, 3.05) is 38.8 Å². The molecular weight excluding hydrogens is 368 g/mol. The van der Waals surface area contributed by atoms with Gasteiger partial charge in [-0.15, -0.1) is 0 Å². The molecule has 1 amide bonds. The van der Waals surface area contributed by atoms with E-state index in [1.807, 2.05) is 11.0 Å². The predicted octanol–water partition coefficient (Wildman–Crippen LogP) is 1.69. The molecule has 1 spiro atoms. The molecule has 0 radical (unpaired) electrons. The summed E-state index contributed by atoms with van der Waals surface area (Å²) in [5.41, 5.74) is 3.85. The van der Waals surface area contributed by atoms with E-state index in [0.29, 0.717) is 18.6 Å². The molecule has 3 saturated heterocycles. The molecule has 5 aliphatic heterocycles. The van der Waals surface area contributed by atoms with Crippen molar-refractivity contribution in [3.63, 3.8) is 0 Å². The first-order chi connectivity index (χ1) is 14.2. The Morgan fingerprint density at radius 1 is 1.21 bits per heavy atom. The minimum Gasteiger partial charge on any atom is -0.368 e. The lowest BCUT2D eigenvalue weighted by Gasteiger charge is -2.61. The molecule has 6 heteroatoms. The van der Waals surface area contributed by atoms with E-state index >= 15 is 0 Å². The van der Waals surface area contributed by atoms with Gasteiger partial charge < -0.3 is 19.1 Å². The molecule has 1 saturated carbocycles. The number of amides is 1. The fraction of sp³-hybridized carbons (Fsp3) is 0.609. The highest BCUT2D eigenvalue weighted by Gasteiger charge is 2.75. The highest BCUT2D eigenvalue weighted by Crippen LogP contribution is 2.66. The summed E-state index contributed by atoms with van der Waals surface area (Å²) >= 11 is 0. The normalized spacial score (nSPS) is 43.1. The number of methoxy groups -OCH3 is 2. The summed E-state index contributed by atoms with van der Waals surface area (Å²) in [5, 5.41) is 0. The molecule has 0 unspecified atom stereocenters. The van der Waals surface area contributed by atoms with Crippen LogP contribution >= 0.6 is 0 Å². The molecular formula is C23H26N2O4. The minimum atomic E-state index is -1.40. The topological polar surface area (TPSA) is 51.2 Å². The smallest absolute Gasteiger partial charge is 0.290 e. The number of fused-ring (bicyclic) bond motifs is 2. The molecule has 1 aromatic rings. The summed E-state index contributed by atoms with van der Waals surface area (Å²) in [4.78, 5) is 18.8. The maximum Gasteiger partial charge on any atom is 0.290 e. The number of hydrogen-bond acceptors (Lipinski definition) is 5. The van der Waals surface area contributed by atoms with Crippen LogP contribution in [-0.2, 0) is 24.4 Å². The second-order valence-electron chi connectivity index (χ2n) is 9.44. The maximum absolute atomic E-state index is 14.0. The van der Waals surface area contributed by atoms with Crippen molar-refractivity contribution in [2.24, 2.45) is 11.8 Å². The molecule has 5 heterocycles. The lowest BCUT2D eigenvalue weighted by atomic mass is 9.53. The summed E-state index contributed by atoms with van der Waals surface area (Å²) in [7, 11) is 3.15. The fourth-order valence-corrected chi connectivity index (χ4v) is 8.03. The van der Waals surface area contributed by atoms with Crippen LogP contribution in [0.3, 0.4) is 0 Å². The van der Waals surface area contributed by atoms with Gasteiger partial charge in [-0.3, -0.25) is 9.69 Å². The number of rotatable bonds is 2. The monoisotopic (exact) mass is 394 g/mol. The van der Waals surface area contributed by atoms with E-state index in [0.717, 1.165) is 31.6 Å². The van der Waals surface area contributed by atoms with Gasteiger partial charge in [0.05, 0.1) is 12.6 Å². The number of nitrogens with zero attached hydrogens (tertiary/aromatic N) is 2. The van der Waals surface area contributed by atoms with E-state index < -0.39 is 11.9 Å². The standard InChI is InChI=1S/C23H26N2O4/c1-27-23(28-2)20-18-14-11-17-22(8-9-24(17)12-13(14)7-10-29-20)15-5-3-4-6-16(15)25(19(18)22)21(23)26/h3-7,14,17-20H,8-12H2,1-2H3/t14-,17-,18+,19-,20+,22+/m0/s1. The highest BCUT2D eigenvalue weighted by atomic mass is 16.7. The molecule has 1 aromatic carbocycles. The number of ether oxygens (including phenoxy) is 3. The van der Waals surface area contributed by atoms with Crippen molar-refractivity contribution in [2.45, 2.75) is 42.2 Å². The zero-order chi connectivity index (χ0) is 19.5. The third-order valence-electron chi connectivity index (χ3n) is 8.96. The minimum absolute atomic E-state index is 0.0153. The Kier molecular flexibility index (Phi) is 3.11. The Bertz CT molecular complexity index is 956. The van der Waals surface area contributed by atoms with Crippen LogP contribution in [0.5, 0.6) is 0 Å². The predicted molar refractivity (Wildman–Crippen MR) is 106 cm³/mol. The molecule has 0 N–H and O–H groups in total. The van der Waals surface area contributed by atoms with Crippen molar-refractivity contribution in [3.05, 3.63) is 41.5 Å². The fourth-order valence-electron chi connectivity index (χ4n) is 8.03. The van der Waals surface area contributed by atoms with Crippen LogP contribution in [0.15, 0.2) is 35.9 Å². The largest absolute Gasteiger partial charge is 0.368 e. The van der Waals surface area contributed by atoms with Crippen LogP contribution in [0.4, 0.5) is 5.69 Å². The summed E-state index contributed by atoms with van der Waals surface area (Å²) in [6, 6.07) is 9.12. The van der Waals surface area contributed by atoms with E-state index in [1.54, 1.807) is 14.2 Å². The van der Waals surface area contributed by atoms with Gasteiger partial charge >= 0.3 is 0 Å². The summed E-state index contributed by atoms with van der Waals surface area (Å²) < 4.78 is 18.2. The first kappa shape index (κ1) is 17.0. The molecule has 4 fully saturated rings. The first-order valence-electron chi connectivity index (χ1n) is 10.8. The second kappa shape index (κ2) is 5.30. The number of anilines is 1. The van der Waals surface area contributed by atoms with E-state index in [2.05, 4.69) is 29.2 Å². The molecule has 1 aliphatic carbocycles. The quantitative estimate of drug-likeness (QED) is 0.565. The van der Waals surface area contributed by atoms with Crippen molar-refractivity contribution in [1.29, 1.82) is 0 Å². The molecule has 0 aromatic heterocycles. The van der Waals surface area contributed by atoms with Gasteiger partial charge in [-0.05, 0) is 36.9 Å². The number of carbonyl (C=O) groups is 1. The van der Waals surface area contributed by atoms with Crippen molar-refractivity contribution in [1.82, 2.24) is 4.90 Å². The third-order valence-corrected chi connectivity index (χ3v) is 8.96. The van der Waals surface area contributed by atoms with Crippen LogP contribution in [0, 0.1) is 11.8 Å². The number of para-hydroxylation sites is 1. The van der Waals surface area contributed by atoms with Gasteiger partial charge in [0.2, 0.25) is 0 Å². The number of piperidine rings is 2. The van der Waals surface area contributed by atoms with Gasteiger partial charge in [0.1, 0.15) is 6.10 Å². The van der Waals surface area contributed by atoms with Gasteiger partial charge in [0.25, 0.3) is 11.7 Å².